The molecule has 0 amide bonds. The molecule has 2 aromatic rings. The molecule has 1 aromatic carbocycles. The number of halogens is 1. The summed E-state index contributed by atoms with van der Waals surface area (Å²) in [5, 5.41) is 0.495. The lowest BCUT2D eigenvalue weighted by Gasteiger charge is -2.14. The first-order valence-electron chi connectivity index (χ1n) is 5.59. The van der Waals surface area contributed by atoms with Gasteiger partial charge in [0.1, 0.15) is 5.15 Å². The molecule has 1 heterocycles. The number of nitrogens with two attached hydrogens (primary N) is 1. The highest BCUT2D eigenvalue weighted by molar-refractivity contribution is 6.29. The summed E-state index contributed by atoms with van der Waals surface area (Å²) in [5.41, 5.74) is 9.34. The number of nitrogens with zero attached hydrogens (tertiary/aromatic N) is 1. The molecule has 2 N–H and O–H groups in total. The van der Waals surface area contributed by atoms with Gasteiger partial charge in [-0.1, -0.05) is 48.0 Å². The topological polar surface area (TPSA) is 38.9 Å². The van der Waals surface area contributed by atoms with Crippen molar-refractivity contribution in [3.8, 4) is 0 Å². The van der Waals surface area contributed by atoms with Gasteiger partial charge < -0.3 is 5.73 Å². The first-order valence-corrected chi connectivity index (χ1v) is 5.97. The summed E-state index contributed by atoms with van der Waals surface area (Å²) in [4.78, 5) is 4.31. The van der Waals surface area contributed by atoms with Crippen molar-refractivity contribution >= 4 is 11.6 Å². The van der Waals surface area contributed by atoms with Gasteiger partial charge in [0.05, 0.1) is 11.7 Å². The van der Waals surface area contributed by atoms with Crippen molar-refractivity contribution in [2.24, 2.45) is 5.73 Å². The van der Waals surface area contributed by atoms with Crippen LogP contribution in [0.2, 0.25) is 5.15 Å². The maximum absolute atomic E-state index is 6.18. The highest BCUT2D eigenvalue weighted by atomic mass is 35.5. The summed E-state index contributed by atoms with van der Waals surface area (Å²) in [5.74, 6) is 0. The molecule has 0 aliphatic rings. The molecule has 3 heteroatoms. The van der Waals surface area contributed by atoms with Crippen LogP contribution in [0, 0.1) is 6.92 Å². The van der Waals surface area contributed by atoms with E-state index in [1.54, 1.807) is 6.07 Å². The molecule has 0 saturated carbocycles. The third-order valence-corrected chi connectivity index (χ3v) is 2.96. The smallest absolute Gasteiger partial charge is 0.129 e. The van der Waals surface area contributed by atoms with Crippen molar-refractivity contribution in [1.82, 2.24) is 4.98 Å². The molecule has 1 atom stereocenters. The van der Waals surface area contributed by atoms with Crippen LogP contribution in [-0.2, 0) is 6.42 Å². The molecule has 88 valence electrons. The molecular weight excluding hydrogens is 232 g/mol. The Morgan fingerprint density at radius 1 is 1.18 bits per heavy atom. The van der Waals surface area contributed by atoms with Crippen molar-refractivity contribution in [3.05, 3.63) is 64.4 Å². The minimum Gasteiger partial charge on any atom is -0.322 e. The SMILES string of the molecule is Cc1ccc(Cl)nc1[C@@H](N)Cc1ccccc1. The van der Waals surface area contributed by atoms with Crippen molar-refractivity contribution in [3.63, 3.8) is 0 Å². The average molecular weight is 247 g/mol. The largest absolute Gasteiger partial charge is 0.322 e. The van der Waals surface area contributed by atoms with Crippen LogP contribution in [0.1, 0.15) is 22.9 Å². The maximum Gasteiger partial charge on any atom is 0.129 e. The summed E-state index contributed by atoms with van der Waals surface area (Å²) in [6.45, 7) is 2.00. The summed E-state index contributed by atoms with van der Waals surface area (Å²) >= 11 is 5.90. The molecule has 0 spiro atoms. The van der Waals surface area contributed by atoms with Gasteiger partial charge in [0, 0.05) is 0 Å². The van der Waals surface area contributed by atoms with Crippen molar-refractivity contribution in [1.29, 1.82) is 0 Å². The van der Waals surface area contributed by atoms with Gasteiger partial charge in [-0.3, -0.25) is 0 Å². The van der Waals surface area contributed by atoms with Crippen LogP contribution in [0.15, 0.2) is 42.5 Å². The third kappa shape index (κ3) is 3.05. The Morgan fingerprint density at radius 2 is 1.88 bits per heavy atom. The Balaban J connectivity index is 2.20. The molecule has 1 aromatic heterocycles. The second-order valence-electron chi connectivity index (χ2n) is 4.13. The highest BCUT2D eigenvalue weighted by Gasteiger charge is 2.11. The number of pyridine rings is 1. The number of hydrogen-bond donors (Lipinski definition) is 1. The lowest BCUT2D eigenvalue weighted by Crippen LogP contribution is -2.16. The second kappa shape index (κ2) is 5.30. The molecule has 2 nitrogen and oxygen atoms in total. The van der Waals surface area contributed by atoms with Crippen LogP contribution in [0.3, 0.4) is 0 Å². The molecule has 0 saturated heterocycles. The predicted octanol–water partition coefficient (Wildman–Crippen LogP) is 3.29. The third-order valence-electron chi connectivity index (χ3n) is 2.75. The average Bonchev–Trinajstić information content (AvgIpc) is 2.33. The van der Waals surface area contributed by atoms with Gasteiger partial charge in [0.25, 0.3) is 0 Å². The Kier molecular flexibility index (Phi) is 3.77. The van der Waals surface area contributed by atoms with E-state index in [-0.39, 0.29) is 6.04 Å². The number of benzene rings is 1. The van der Waals surface area contributed by atoms with Crippen molar-refractivity contribution in [2.45, 2.75) is 19.4 Å². The lowest BCUT2D eigenvalue weighted by atomic mass is 10.0. The minimum absolute atomic E-state index is 0.115. The number of hydrogen-bond acceptors (Lipinski definition) is 2. The van der Waals surface area contributed by atoms with Crippen LogP contribution >= 0.6 is 11.6 Å². The van der Waals surface area contributed by atoms with E-state index >= 15 is 0 Å². The molecule has 2 rings (SSSR count). The fourth-order valence-corrected chi connectivity index (χ4v) is 2.01. The zero-order valence-corrected chi connectivity index (χ0v) is 10.5. The van der Waals surface area contributed by atoms with E-state index in [9.17, 15) is 0 Å². The molecule has 0 radical (unpaired) electrons. The van der Waals surface area contributed by atoms with Crippen LogP contribution in [0.4, 0.5) is 0 Å². The number of aromatic nitrogens is 1. The Bertz CT molecular complexity index is 497. The predicted molar refractivity (Wildman–Crippen MR) is 71.1 cm³/mol. The summed E-state index contributed by atoms with van der Waals surface area (Å²) < 4.78 is 0. The first-order chi connectivity index (χ1) is 8.16. The summed E-state index contributed by atoms with van der Waals surface area (Å²) in [6.07, 6.45) is 0.773. The minimum atomic E-state index is -0.115. The molecule has 0 aliphatic heterocycles. The van der Waals surface area contributed by atoms with Gasteiger partial charge in [-0.2, -0.15) is 0 Å². The fraction of sp³-hybridized carbons (Fsp3) is 0.214. The standard InChI is InChI=1S/C14H15ClN2/c1-10-7-8-13(15)17-14(10)12(16)9-11-5-3-2-4-6-11/h2-8,12H,9,16H2,1H3/t12-/m0/s1. The monoisotopic (exact) mass is 246 g/mol. The van der Waals surface area contributed by atoms with E-state index in [1.165, 1.54) is 5.56 Å². The van der Waals surface area contributed by atoms with Gasteiger partial charge in [0.2, 0.25) is 0 Å². The van der Waals surface area contributed by atoms with E-state index in [0.717, 1.165) is 17.7 Å². The normalized spacial score (nSPS) is 12.4. The molecule has 0 bridgehead atoms. The van der Waals surface area contributed by atoms with E-state index in [1.807, 2.05) is 31.2 Å². The summed E-state index contributed by atoms with van der Waals surface area (Å²) in [7, 11) is 0. The number of aryl methyl sites for hydroxylation is 1. The number of rotatable bonds is 3. The van der Waals surface area contributed by atoms with Gasteiger partial charge in [-0.05, 0) is 30.5 Å². The van der Waals surface area contributed by atoms with E-state index in [4.69, 9.17) is 17.3 Å². The van der Waals surface area contributed by atoms with Crippen LogP contribution in [-0.4, -0.2) is 4.98 Å². The van der Waals surface area contributed by atoms with Gasteiger partial charge in [-0.15, -0.1) is 0 Å². The summed E-state index contributed by atoms with van der Waals surface area (Å²) in [6, 6.07) is 13.8. The molecule has 0 unspecified atom stereocenters. The Morgan fingerprint density at radius 3 is 2.59 bits per heavy atom. The highest BCUT2D eigenvalue weighted by Crippen LogP contribution is 2.19. The molecule has 0 aliphatic carbocycles. The second-order valence-corrected chi connectivity index (χ2v) is 4.52. The Hall–Kier alpha value is -1.38. The fourth-order valence-electron chi connectivity index (χ4n) is 1.86. The Labute approximate surface area is 106 Å². The zero-order valence-electron chi connectivity index (χ0n) is 9.73. The van der Waals surface area contributed by atoms with Crippen LogP contribution < -0.4 is 5.73 Å². The first kappa shape index (κ1) is 12.1. The quantitative estimate of drug-likeness (QED) is 0.845. The van der Waals surface area contributed by atoms with Crippen LogP contribution in [0.25, 0.3) is 0 Å². The lowest BCUT2D eigenvalue weighted by molar-refractivity contribution is 0.690. The van der Waals surface area contributed by atoms with Gasteiger partial charge >= 0.3 is 0 Å². The molecular formula is C14H15ClN2. The zero-order chi connectivity index (χ0) is 12.3. The van der Waals surface area contributed by atoms with E-state index < -0.39 is 0 Å². The maximum atomic E-state index is 6.18. The molecule has 0 fully saturated rings. The molecule has 17 heavy (non-hydrogen) atoms. The van der Waals surface area contributed by atoms with Crippen molar-refractivity contribution < 1.29 is 0 Å². The van der Waals surface area contributed by atoms with Crippen molar-refractivity contribution in [2.75, 3.05) is 0 Å². The van der Waals surface area contributed by atoms with Gasteiger partial charge in [0.15, 0.2) is 0 Å². The van der Waals surface area contributed by atoms with Gasteiger partial charge in [-0.25, -0.2) is 4.98 Å². The van der Waals surface area contributed by atoms with Crippen LogP contribution in [0.5, 0.6) is 0 Å². The van der Waals surface area contributed by atoms with E-state index in [0.29, 0.717) is 5.15 Å². The van der Waals surface area contributed by atoms with E-state index in [2.05, 4.69) is 17.1 Å².